The van der Waals surface area contributed by atoms with E-state index in [1.807, 2.05) is 36.4 Å². The zero-order chi connectivity index (χ0) is 13.6. The smallest absolute Gasteiger partial charge is 0.215 e. The van der Waals surface area contributed by atoms with Gasteiger partial charge in [-0.3, -0.25) is 0 Å². The number of halogens is 1. The molecule has 1 aliphatic rings. The molecule has 0 atom stereocenters. The fourth-order valence-corrected chi connectivity index (χ4v) is 2.29. The van der Waals surface area contributed by atoms with Crippen molar-refractivity contribution < 1.29 is 4.74 Å². The van der Waals surface area contributed by atoms with Crippen LogP contribution in [0, 0.1) is 0 Å². The van der Waals surface area contributed by atoms with Gasteiger partial charge >= 0.3 is 0 Å². The summed E-state index contributed by atoms with van der Waals surface area (Å²) in [4.78, 5) is 6.87. The minimum Gasteiger partial charge on any atom is -0.473 e. The first kappa shape index (κ1) is 15.6. The van der Waals surface area contributed by atoms with Crippen LogP contribution in [0.15, 0.2) is 48.5 Å². The molecule has 0 spiro atoms. The lowest BCUT2D eigenvalue weighted by atomic mass is 10.2. The van der Waals surface area contributed by atoms with Crippen LogP contribution in [0.5, 0.6) is 5.88 Å². The molecule has 0 aliphatic carbocycles. The predicted octanol–water partition coefficient (Wildman–Crippen LogP) is 2.49. The van der Waals surface area contributed by atoms with Gasteiger partial charge < -0.3 is 15.0 Å². The highest BCUT2D eigenvalue weighted by atomic mass is 35.5. The number of hydrogen-bond donors (Lipinski definition) is 1. The monoisotopic (exact) mass is 305 g/mol. The summed E-state index contributed by atoms with van der Waals surface area (Å²) in [6.45, 7) is 4.57. The van der Waals surface area contributed by atoms with Crippen molar-refractivity contribution >= 4 is 18.2 Å². The maximum atomic E-state index is 5.77. The van der Waals surface area contributed by atoms with Crippen LogP contribution in [0.3, 0.4) is 0 Å². The van der Waals surface area contributed by atoms with Crippen molar-refractivity contribution in [1.29, 1.82) is 0 Å². The number of aromatic nitrogens is 1. The summed E-state index contributed by atoms with van der Waals surface area (Å²) in [5.74, 6) is 1.68. The van der Waals surface area contributed by atoms with E-state index < -0.39 is 0 Å². The molecule has 1 aliphatic heterocycles. The van der Waals surface area contributed by atoms with Gasteiger partial charge in [-0.15, -0.1) is 12.4 Å². The van der Waals surface area contributed by atoms with Gasteiger partial charge in [-0.2, -0.15) is 4.98 Å². The molecule has 1 N–H and O–H groups in total. The van der Waals surface area contributed by atoms with E-state index in [4.69, 9.17) is 4.74 Å². The van der Waals surface area contributed by atoms with Crippen molar-refractivity contribution in [2.24, 2.45) is 0 Å². The number of piperazine rings is 1. The normalized spacial score (nSPS) is 14.4. The van der Waals surface area contributed by atoms with Gasteiger partial charge in [0.15, 0.2) is 0 Å². The van der Waals surface area contributed by atoms with Crippen LogP contribution in [-0.4, -0.2) is 31.2 Å². The molecule has 21 heavy (non-hydrogen) atoms. The first-order valence-corrected chi connectivity index (χ1v) is 7.01. The average Bonchev–Trinajstić information content (AvgIpc) is 2.55. The maximum Gasteiger partial charge on any atom is 0.215 e. The van der Waals surface area contributed by atoms with Crippen molar-refractivity contribution in [1.82, 2.24) is 10.3 Å². The highest BCUT2D eigenvalue weighted by Crippen LogP contribution is 2.17. The van der Waals surface area contributed by atoms with E-state index in [0.717, 1.165) is 37.6 Å². The van der Waals surface area contributed by atoms with Gasteiger partial charge in [0.25, 0.3) is 0 Å². The molecule has 1 saturated heterocycles. The second-order valence-electron chi connectivity index (χ2n) is 4.85. The third-order valence-electron chi connectivity index (χ3n) is 3.38. The number of hydrogen-bond acceptors (Lipinski definition) is 4. The predicted molar refractivity (Wildman–Crippen MR) is 87.3 cm³/mol. The molecular weight excluding hydrogens is 286 g/mol. The van der Waals surface area contributed by atoms with Gasteiger partial charge in [0.05, 0.1) is 0 Å². The Morgan fingerprint density at radius 2 is 1.76 bits per heavy atom. The van der Waals surface area contributed by atoms with Crippen LogP contribution in [0.4, 0.5) is 5.82 Å². The van der Waals surface area contributed by atoms with E-state index in [9.17, 15) is 0 Å². The fourth-order valence-electron chi connectivity index (χ4n) is 2.29. The molecule has 1 aromatic carbocycles. The number of ether oxygens (including phenoxy) is 1. The Hall–Kier alpha value is -1.78. The molecule has 2 heterocycles. The summed E-state index contributed by atoms with van der Waals surface area (Å²) in [5, 5.41) is 3.35. The van der Waals surface area contributed by atoms with E-state index in [-0.39, 0.29) is 12.4 Å². The second-order valence-corrected chi connectivity index (χ2v) is 4.85. The number of pyridine rings is 1. The van der Waals surface area contributed by atoms with Gasteiger partial charge in [-0.05, 0) is 11.6 Å². The molecule has 0 radical (unpaired) electrons. The minimum absolute atomic E-state index is 0. The Labute approximate surface area is 131 Å². The zero-order valence-corrected chi connectivity index (χ0v) is 12.7. The largest absolute Gasteiger partial charge is 0.473 e. The Morgan fingerprint density at radius 3 is 2.52 bits per heavy atom. The molecule has 0 bridgehead atoms. The van der Waals surface area contributed by atoms with Crippen molar-refractivity contribution in [3.05, 3.63) is 54.1 Å². The van der Waals surface area contributed by atoms with Crippen LogP contribution in [0.2, 0.25) is 0 Å². The number of nitrogens with one attached hydrogen (secondary N) is 1. The third kappa shape index (κ3) is 4.34. The first-order valence-electron chi connectivity index (χ1n) is 7.01. The van der Waals surface area contributed by atoms with E-state index in [0.29, 0.717) is 12.5 Å². The first-order chi connectivity index (χ1) is 9.92. The SMILES string of the molecule is Cl.c1ccc(COc2cccc(N3CCNCC3)n2)cc1. The Kier molecular flexibility index (Phi) is 5.84. The number of nitrogens with zero attached hydrogens (tertiary/aromatic N) is 2. The average molecular weight is 306 g/mol. The molecule has 112 valence electrons. The second kappa shape index (κ2) is 7.86. The molecule has 3 rings (SSSR count). The topological polar surface area (TPSA) is 37.4 Å². The Bertz CT molecular complexity index is 544. The summed E-state index contributed by atoms with van der Waals surface area (Å²) in [6.07, 6.45) is 0. The van der Waals surface area contributed by atoms with Crippen molar-refractivity contribution in [3.8, 4) is 5.88 Å². The maximum absolute atomic E-state index is 5.77. The van der Waals surface area contributed by atoms with Crippen LogP contribution < -0.4 is 15.0 Å². The lowest BCUT2D eigenvalue weighted by Crippen LogP contribution is -2.43. The molecular formula is C16H20ClN3O. The van der Waals surface area contributed by atoms with Gasteiger partial charge in [0.2, 0.25) is 5.88 Å². The van der Waals surface area contributed by atoms with E-state index in [1.165, 1.54) is 0 Å². The van der Waals surface area contributed by atoms with Gasteiger partial charge in [-0.1, -0.05) is 36.4 Å². The summed E-state index contributed by atoms with van der Waals surface area (Å²) in [6, 6.07) is 16.1. The van der Waals surface area contributed by atoms with Gasteiger partial charge in [0.1, 0.15) is 12.4 Å². The third-order valence-corrected chi connectivity index (χ3v) is 3.38. The molecule has 0 saturated carbocycles. The minimum atomic E-state index is 0. The quantitative estimate of drug-likeness (QED) is 0.942. The van der Waals surface area contributed by atoms with Crippen molar-refractivity contribution in [3.63, 3.8) is 0 Å². The van der Waals surface area contributed by atoms with Gasteiger partial charge in [-0.25, -0.2) is 0 Å². The molecule has 1 fully saturated rings. The van der Waals surface area contributed by atoms with Crippen LogP contribution in [0.1, 0.15) is 5.56 Å². The lowest BCUT2D eigenvalue weighted by molar-refractivity contribution is 0.294. The fraction of sp³-hybridized carbons (Fsp3) is 0.312. The number of rotatable bonds is 4. The molecule has 0 amide bonds. The highest BCUT2D eigenvalue weighted by molar-refractivity contribution is 5.85. The molecule has 1 aromatic heterocycles. The standard InChI is InChI=1S/C16H19N3O.ClH/c1-2-5-14(6-3-1)13-20-16-8-4-7-15(18-16)19-11-9-17-10-12-19;/h1-8,17H,9-13H2;1H. The molecule has 2 aromatic rings. The zero-order valence-electron chi connectivity index (χ0n) is 11.9. The van der Waals surface area contributed by atoms with Gasteiger partial charge in [0, 0.05) is 32.2 Å². The highest BCUT2D eigenvalue weighted by Gasteiger charge is 2.11. The summed E-state index contributed by atoms with van der Waals surface area (Å²) in [5.41, 5.74) is 1.15. The van der Waals surface area contributed by atoms with Crippen LogP contribution in [-0.2, 0) is 6.61 Å². The van der Waals surface area contributed by atoms with E-state index in [1.54, 1.807) is 0 Å². The van der Waals surface area contributed by atoms with Crippen LogP contribution in [0.25, 0.3) is 0 Å². The number of anilines is 1. The molecule has 5 heteroatoms. The van der Waals surface area contributed by atoms with Crippen molar-refractivity contribution in [2.75, 3.05) is 31.1 Å². The molecule has 0 unspecified atom stereocenters. The Balaban J connectivity index is 0.00000161. The Morgan fingerprint density at radius 1 is 1.00 bits per heavy atom. The summed E-state index contributed by atoms with van der Waals surface area (Å²) >= 11 is 0. The summed E-state index contributed by atoms with van der Waals surface area (Å²) < 4.78 is 5.77. The summed E-state index contributed by atoms with van der Waals surface area (Å²) in [7, 11) is 0. The number of benzene rings is 1. The van der Waals surface area contributed by atoms with Crippen LogP contribution >= 0.6 is 12.4 Å². The van der Waals surface area contributed by atoms with E-state index >= 15 is 0 Å². The lowest BCUT2D eigenvalue weighted by Gasteiger charge is -2.28. The molecule has 4 nitrogen and oxygen atoms in total. The van der Waals surface area contributed by atoms with E-state index in [2.05, 4.69) is 27.3 Å². The van der Waals surface area contributed by atoms with Crippen molar-refractivity contribution in [2.45, 2.75) is 6.61 Å².